The second kappa shape index (κ2) is 6.88. The highest BCUT2D eigenvalue weighted by Gasteiger charge is 2.26. The zero-order valence-electron chi connectivity index (χ0n) is 13.2. The van der Waals surface area contributed by atoms with Gasteiger partial charge in [-0.15, -0.1) is 0 Å². The molecule has 1 aromatic carbocycles. The number of halogens is 1. The van der Waals surface area contributed by atoms with Crippen LogP contribution in [0.25, 0.3) is 0 Å². The normalized spacial score (nSPS) is 23.9. The number of piperazine rings is 1. The molecule has 1 aromatic rings. The molecular formula is C17H24ClN3O. The molecule has 0 N–H and O–H groups in total. The van der Waals surface area contributed by atoms with Gasteiger partial charge in [-0.3, -0.25) is 9.69 Å². The lowest BCUT2D eigenvalue weighted by molar-refractivity contribution is -0.133. The molecule has 120 valence electrons. The van der Waals surface area contributed by atoms with Gasteiger partial charge >= 0.3 is 0 Å². The van der Waals surface area contributed by atoms with Gasteiger partial charge in [-0.25, -0.2) is 0 Å². The fraction of sp³-hybridized carbons (Fsp3) is 0.588. The summed E-state index contributed by atoms with van der Waals surface area (Å²) in [6, 6.07) is 8.07. The van der Waals surface area contributed by atoms with Crippen molar-refractivity contribution in [2.45, 2.75) is 12.8 Å². The Balaban J connectivity index is 1.50. The summed E-state index contributed by atoms with van der Waals surface area (Å²) in [5, 5.41) is 0.836. The third kappa shape index (κ3) is 3.55. The molecule has 1 atom stereocenters. The van der Waals surface area contributed by atoms with Crippen molar-refractivity contribution >= 4 is 23.2 Å². The Hall–Kier alpha value is -1.26. The fourth-order valence-electron chi connectivity index (χ4n) is 3.49. The lowest BCUT2D eigenvalue weighted by Crippen LogP contribution is -2.50. The smallest absolute Gasteiger partial charge is 0.222 e. The Bertz CT molecular complexity index is 528. The summed E-state index contributed by atoms with van der Waals surface area (Å²) in [7, 11) is 1.92. The molecule has 2 aliphatic heterocycles. The predicted molar refractivity (Wildman–Crippen MR) is 90.5 cm³/mol. The van der Waals surface area contributed by atoms with E-state index in [1.165, 1.54) is 0 Å². The molecule has 1 unspecified atom stereocenters. The first-order valence-corrected chi connectivity index (χ1v) is 8.47. The van der Waals surface area contributed by atoms with Crippen LogP contribution in [0.3, 0.4) is 0 Å². The number of benzene rings is 1. The largest absolute Gasteiger partial charge is 0.368 e. The molecule has 3 rings (SSSR count). The molecule has 1 amide bonds. The van der Waals surface area contributed by atoms with Crippen LogP contribution < -0.4 is 4.90 Å². The molecule has 0 aromatic heterocycles. The number of amides is 1. The van der Waals surface area contributed by atoms with Crippen LogP contribution in [0.15, 0.2) is 24.3 Å². The van der Waals surface area contributed by atoms with Gasteiger partial charge in [0.25, 0.3) is 0 Å². The molecule has 22 heavy (non-hydrogen) atoms. The van der Waals surface area contributed by atoms with Crippen molar-refractivity contribution in [2.24, 2.45) is 5.92 Å². The summed E-state index contributed by atoms with van der Waals surface area (Å²) in [4.78, 5) is 18.3. The maximum Gasteiger partial charge on any atom is 0.222 e. The van der Waals surface area contributed by atoms with E-state index in [9.17, 15) is 4.79 Å². The van der Waals surface area contributed by atoms with Crippen LogP contribution in [0.5, 0.6) is 0 Å². The van der Waals surface area contributed by atoms with Crippen molar-refractivity contribution in [3.8, 4) is 0 Å². The lowest BCUT2D eigenvalue weighted by Gasteiger charge is -2.39. The van der Waals surface area contributed by atoms with E-state index in [4.69, 9.17) is 11.6 Å². The van der Waals surface area contributed by atoms with Gasteiger partial charge in [0, 0.05) is 52.7 Å². The molecule has 0 aliphatic carbocycles. The molecule has 0 saturated carbocycles. The minimum Gasteiger partial charge on any atom is -0.368 e. The van der Waals surface area contributed by atoms with Gasteiger partial charge < -0.3 is 9.80 Å². The standard InChI is InChI=1S/C17H24ClN3O/c1-19-12-14(6-7-17(19)22)13-20-8-10-21(11-9-20)16-5-3-2-4-15(16)18/h2-5,14H,6-13H2,1H3. The number of para-hydroxylation sites is 1. The van der Waals surface area contributed by atoms with Gasteiger partial charge in [0.2, 0.25) is 5.91 Å². The number of hydrogen-bond acceptors (Lipinski definition) is 3. The van der Waals surface area contributed by atoms with E-state index < -0.39 is 0 Å². The average Bonchev–Trinajstić information content (AvgIpc) is 2.52. The molecule has 4 nitrogen and oxygen atoms in total. The Kier molecular flexibility index (Phi) is 4.89. The van der Waals surface area contributed by atoms with Crippen LogP contribution in [0, 0.1) is 5.92 Å². The van der Waals surface area contributed by atoms with Crippen molar-refractivity contribution in [3.05, 3.63) is 29.3 Å². The van der Waals surface area contributed by atoms with Crippen LogP contribution in [0.1, 0.15) is 12.8 Å². The highest BCUT2D eigenvalue weighted by Crippen LogP contribution is 2.26. The van der Waals surface area contributed by atoms with E-state index in [0.717, 1.165) is 56.4 Å². The topological polar surface area (TPSA) is 26.8 Å². The van der Waals surface area contributed by atoms with Crippen molar-refractivity contribution in [1.29, 1.82) is 0 Å². The van der Waals surface area contributed by atoms with E-state index in [1.807, 2.05) is 30.1 Å². The first-order valence-electron chi connectivity index (χ1n) is 8.09. The zero-order chi connectivity index (χ0) is 15.5. The molecule has 0 bridgehead atoms. The molecule has 0 radical (unpaired) electrons. The number of rotatable bonds is 3. The van der Waals surface area contributed by atoms with Gasteiger partial charge in [-0.2, -0.15) is 0 Å². The van der Waals surface area contributed by atoms with E-state index in [0.29, 0.717) is 18.2 Å². The minimum absolute atomic E-state index is 0.291. The highest BCUT2D eigenvalue weighted by molar-refractivity contribution is 6.33. The molecular weight excluding hydrogens is 298 g/mol. The maximum atomic E-state index is 11.6. The van der Waals surface area contributed by atoms with Crippen LogP contribution in [-0.4, -0.2) is 62.0 Å². The Morgan fingerprint density at radius 2 is 1.91 bits per heavy atom. The maximum absolute atomic E-state index is 11.6. The number of piperidine rings is 1. The van der Waals surface area contributed by atoms with Crippen molar-refractivity contribution in [3.63, 3.8) is 0 Å². The Morgan fingerprint density at radius 1 is 1.18 bits per heavy atom. The third-order valence-corrected chi connectivity index (χ3v) is 5.13. The summed E-state index contributed by atoms with van der Waals surface area (Å²) in [5.74, 6) is 0.911. The highest BCUT2D eigenvalue weighted by atomic mass is 35.5. The average molecular weight is 322 g/mol. The van der Waals surface area contributed by atoms with E-state index in [2.05, 4.69) is 15.9 Å². The number of anilines is 1. The van der Waals surface area contributed by atoms with Crippen LogP contribution in [0.2, 0.25) is 5.02 Å². The van der Waals surface area contributed by atoms with Gasteiger partial charge in [0.05, 0.1) is 10.7 Å². The second-order valence-corrected chi connectivity index (χ2v) is 6.83. The zero-order valence-corrected chi connectivity index (χ0v) is 13.9. The van der Waals surface area contributed by atoms with Crippen molar-refractivity contribution in [1.82, 2.24) is 9.80 Å². The number of nitrogens with zero attached hydrogens (tertiary/aromatic N) is 3. The quantitative estimate of drug-likeness (QED) is 0.855. The molecule has 2 fully saturated rings. The summed E-state index contributed by atoms with van der Waals surface area (Å²) in [6.45, 7) is 6.19. The number of likely N-dealkylation sites (tertiary alicyclic amines) is 1. The van der Waals surface area contributed by atoms with Gasteiger partial charge in [0.1, 0.15) is 0 Å². The SMILES string of the molecule is CN1CC(CN2CCN(c3ccccc3Cl)CC2)CCC1=O. The summed E-state index contributed by atoms with van der Waals surface area (Å²) < 4.78 is 0. The van der Waals surface area contributed by atoms with Gasteiger partial charge in [-0.1, -0.05) is 23.7 Å². The second-order valence-electron chi connectivity index (χ2n) is 6.42. The summed E-state index contributed by atoms with van der Waals surface area (Å²) in [6.07, 6.45) is 1.74. The van der Waals surface area contributed by atoms with Gasteiger partial charge in [0.15, 0.2) is 0 Å². The van der Waals surface area contributed by atoms with E-state index in [-0.39, 0.29) is 0 Å². The molecule has 5 heteroatoms. The van der Waals surface area contributed by atoms with Crippen molar-refractivity contribution < 1.29 is 4.79 Å². The summed E-state index contributed by atoms with van der Waals surface area (Å²) >= 11 is 6.29. The van der Waals surface area contributed by atoms with Crippen LogP contribution in [0.4, 0.5) is 5.69 Å². The number of carbonyl (C=O) groups is 1. The number of hydrogen-bond donors (Lipinski definition) is 0. The van der Waals surface area contributed by atoms with E-state index >= 15 is 0 Å². The predicted octanol–water partition coefficient (Wildman–Crippen LogP) is 2.33. The molecule has 2 aliphatic rings. The monoisotopic (exact) mass is 321 g/mol. The number of carbonyl (C=O) groups excluding carboxylic acids is 1. The Labute approximate surface area is 137 Å². The van der Waals surface area contributed by atoms with Crippen LogP contribution >= 0.6 is 11.6 Å². The molecule has 2 heterocycles. The van der Waals surface area contributed by atoms with Crippen LogP contribution in [-0.2, 0) is 4.79 Å². The third-order valence-electron chi connectivity index (χ3n) is 4.81. The first kappa shape index (κ1) is 15.6. The first-order chi connectivity index (χ1) is 10.6. The minimum atomic E-state index is 0.291. The van der Waals surface area contributed by atoms with Crippen molar-refractivity contribution in [2.75, 3.05) is 51.2 Å². The van der Waals surface area contributed by atoms with Gasteiger partial charge in [-0.05, 0) is 24.5 Å². The molecule has 2 saturated heterocycles. The fourth-order valence-corrected chi connectivity index (χ4v) is 3.75. The van der Waals surface area contributed by atoms with E-state index in [1.54, 1.807) is 0 Å². The summed E-state index contributed by atoms with van der Waals surface area (Å²) in [5.41, 5.74) is 1.15. The Morgan fingerprint density at radius 3 is 2.59 bits per heavy atom. The lowest BCUT2D eigenvalue weighted by atomic mass is 9.97. The molecule has 0 spiro atoms.